The highest BCUT2D eigenvalue weighted by Gasteiger charge is 2.09. The zero-order valence-corrected chi connectivity index (χ0v) is 10.5. The second-order valence-corrected chi connectivity index (χ2v) is 4.18. The standard InChI is InChI=1S/C12H14ClN3O/c1-8-3-11(12(17-2)4-10(8)13)16-7-9(5-14)6-15-16/h3-4,6-7H,5,14H2,1-2H3. The Kier molecular flexibility index (Phi) is 3.36. The molecule has 0 aliphatic carbocycles. The third kappa shape index (κ3) is 2.28. The Hall–Kier alpha value is -1.52. The van der Waals surface area contributed by atoms with Gasteiger partial charge in [-0.3, -0.25) is 0 Å². The molecule has 2 rings (SSSR count). The first-order valence-electron chi connectivity index (χ1n) is 5.24. The second kappa shape index (κ2) is 4.77. The van der Waals surface area contributed by atoms with E-state index in [0.717, 1.165) is 16.8 Å². The van der Waals surface area contributed by atoms with E-state index < -0.39 is 0 Å². The van der Waals surface area contributed by atoms with Crippen molar-refractivity contribution in [2.45, 2.75) is 13.5 Å². The number of ether oxygens (including phenoxy) is 1. The lowest BCUT2D eigenvalue weighted by Gasteiger charge is -2.10. The van der Waals surface area contributed by atoms with Crippen molar-refractivity contribution in [3.8, 4) is 11.4 Å². The summed E-state index contributed by atoms with van der Waals surface area (Å²) in [6, 6.07) is 3.73. The summed E-state index contributed by atoms with van der Waals surface area (Å²) in [7, 11) is 1.61. The molecule has 0 fully saturated rings. The zero-order valence-electron chi connectivity index (χ0n) is 9.77. The summed E-state index contributed by atoms with van der Waals surface area (Å²) in [4.78, 5) is 0. The molecular weight excluding hydrogens is 238 g/mol. The number of halogens is 1. The summed E-state index contributed by atoms with van der Waals surface area (Å²) >= 11 is 6.05. The monoisotopic (exact) mass is 251 g/mol. The van der Waals surface area contributed by atoms with Gasteiger partial charge in [-0.05, 0) is 18.6 Å². The summed E-state index contributed by atoms with van der Waals surface area (Å²) in [5, 5.41) is 4.93. The van der Waals surface area contributed by atoms with E-state index in [-0.39, 0.29) is 0 Å². The van der Waals surface area contributed by atoms with Crippen LogP contribution < -0.4 is 10.5 Å². The molecule has 0 amide bonds. The number of aryl methyl sites for hydroxylation is 1. The van der Waals surface area contributed by atoms with Gasteiger partial charge >= 0.3 is 0 Å². The second-order valence-electron chi connectivity index (χ2n) is 3.77. The van der Waals surface area contributed by atoms with Crippen LogP contribution in [-0.2, 0) is 6.54 Å². The van der Waals surface area contributed by atoms with Crippen molar-refractivity contribution in [3.63, 3.8) is 0 Å². The highest BCUT2D eigenvalue weighted by molar-refractivity contribution is 6.31. The molecule has 0 aliphatic heterocycles. The fourth-order valence-corrected chi connectivity index (χ4v) is 1.74. The van der Waals surface area contributed by atoms with Crippen molar-refractivity contribution in [1.29, 1.82) is 0 Å². The SMILES string of the molecule is COc1cc(Cl)c(C)cc1-n1cc(CN)cn1. The third-order valence-corrected chi connectivity index (χ3v) is 2.99. The molecule has 2 aromatic rings. The van der Waals surface area contributed by atoms with Crippen LogP contribution in [0.2, 0.25) is 5.02 Å². The molecule has 1 aromatic carbocycles. The van der Waals surface area contributed by atoms with Gasteiger partial charge < -0.3 is 10.5 Å². The van der Waals surface area contributed by atoms with Crippen LogP contribution in [0.5, 0.6) is 5.75 Å². The number of nitrogens with zero attached hydrogens (tertiary/aromatic N) is 2. The minimum Gasteiger partial charge on any atom is -0.494 e. The molecule has 17 heavy (non-hydrogen) atoms. The van der Waals surface area contributed by atoms with Crippen LogP contribution in [0.1, 0.15) is 11.1 Å². The van der Waals surface area contributed by atoms with Gasteiger partial charge in [-0.25, -0.2) is 4.68 Å². The van der Waals surface area contributed by atoms with E-state index in [9.17, 15) is 0 Å². The molecule has 90 valence electrons. The summed E-state index contributed by atoms with van der Waals surface area (Å²) < 4.78 is 7.04. The number of nitrogens with two attached hydrogens (primary N) is 1. The number of aromatic nitrogens is 2. The smallest absolute Gasteiger partial charge is 0.146 e. The van der Waals surface area contributed by atoms with Gasteiger partial charge in [0.25, 0.3) is 0 Å². The maximum Gasteiger partial charge on any atom is 0.146 e. The van der Waals surface area contributed by atoms with Crippen molar-refractivity contribution >= 4 is 11.6 Å². The van der Waals surface area contributed by atoms with Gasteiger partial charge in [0.2, 0.25) is 0 Å². The van der Waals surface area contributed by atoms with E-state index in [4.69, 9.17) is 22.1 Å². The number of hydrogen-bond donors (Lipinski definition) is 1. The molecule has 0 saturated heterocycles. The highest BCUT2D eigenvalue weighted by Crippen LogP contribution is 2.29. The van der Waals surface area contributed by atoms with E-state index in [0.29, 0.717) is 17.3 Å². The Morgan fingerprint density at radius 1 is 1.47 bits per heavy atom. The lowest BCUT2D eigenvalue weighted by molar-refractivity contribution is 0.411. The van der Waals surface area contributed by atoms with Crippen molar-refractivity contribution in [1.82, 2.24) is 9.78 Å². The molecule has 0 saturated carbocycles. The molecule has 1 aromatic heterocycles. The van der Waals surface area contributed by atoms with E-state index in [1.807, 2.05) is 19.2 Å². The van der Waals surface area contributed by atoms with Crippen LogP contribution in [0.15, 0.2) is 24.5 Å². The molecule has 0 spiro atoms. The molecule has 0 unspecified atom stereocenters. The first-order chi connectivity index (χ1) is 8.15. The van der Waals surface area contributed by atoms with Gasteiger partial charge in [-0.1, -0.05) is 11.6 Å². The molecule has 0 atom stereocenters. The molecule has 5 heteroatoms. The Bertz CT molecular complexity index is 537. The Morgan fingerprint density at radius 2 is 2.24 bits per heavy atom. The van der Waals surface area contributed by atoms with Gasteiger partial charge in [-0.2, -0.15) is 5.10 Å². The molecular formula is C12H14ClN3O. The maximum absolute atomic E-state index is 6.05. The van der Waals surface area contributed by atoms with Gasteiger partial charge in [0, 0.05) is 29.4 Å². The van der Waals surface area contributed by atoms with Crippen molar-refractivity contribution in [2.75, 3.05) is 7.11 Å². The van der Waals surface area contributed by atoms with Crippen LogP contribution in [0.25, 0.3) is 5.69 Å². The molecule has 0 aliphatic rings. The Morgan fingerprint density at radius 3 is 2.82 bits per heavy atom. The quantitative estimate of drug-likeness (QED) is 0.911. The van der Waals surface area contributed by atoms with Crippen LogP contribution >= 0.6 is 11.6 Å². The van der Waals surface area contributed by atoms with Crippen LogP contribution in [0.4, 0.5) is 0 Å². The number of rotatable bonds is 3. The minimum atomic E-state index is 0.467. The number of benzene rings is 1. The minimum absolute atomic E-state index is 0.467. The average molecular weight is 252 g/mol. The molecule has 2 N–H and O–H groups in total. The van der Waals surface area contributed by atoms with Gasteiger partial charge in [0.05, 0.1) is 13.3 Å². The third-order valence-electron chi connectivity index (χ3n) is 2.58. The van der Waals surface area contributed by atoms with Gasteiger partial charge in [0.1, 0.15) is 11.4 Å². The molecule has 0 radical (unpaired) electrons. The average Bonchev–Trinajstić information content (AvgIpc) is 2.80. The largest absolute Gasteiger partial charge is 0.494 e. The van der Waals surface area contributed by atoms with Crippen molar-refractivity contribution < 1.29 is 4.74 Å². The zero-order chi connectivity index (χ0) is 12.4. The van der Waals surface area contributed by atoms with E-state index >= 15 is 0 Å². The van der Waals surface area contributed by atoms with E-state index in [1.54, 1.807) is 24.1 Å². The van der Waals surface area contributed by atoms with Crippen molar-refractivity contribution in [3.05, 3.63) is 40.7 Å². The van der Waals surface area contributed by atoms with Gasteiger partial charge in [-0.15, -0.1) is 0 Å². The number of hydrogen-bond acceptors (Lipinski definition) is 3. The van der Waals surface area contributed by atoms with E-state index in [2.05, 4.69) is 5.10 Å². The predicted octanol–water partition coefficient (Wildman–Crippen LogP) is 2.30. The van der Waals surface area contributed by atoms with Gasteiger partial charge in [0.15, 0.2) is 0 Å². The lowest BCUT2D eigenvalue weighted by atomic mass is 10.2. The summed E-state index contributed by atoms with van der Waals surface area (Å²) in [5.41, 5.74) is 8.37. The Balaban J connectivity index is 2.53. The predicted molar refractivity (Wildman–Crippen MR) is 67.8 cm³/mol. The maximum atomic E-state index is 6.05. The molecule has 0 bridgehead atoms. The summed E-state index contributed by atoms with van der Waals surface area (Å²) in [5.74, 6) is 0.687. The number of methoxy groups -OCH3 is 1. The van der Waals surface area contributed by atoms with Crippen molar-refractivity contribution in [2.24, 2.45) is 5.73 Å². The summed E-state index contributed by atoms with van der Waals surface area (Å²) in [6.07, 6.45) is 3.62. The molecule has 1 heterocycles. The summed E-state index contributed by atoms with van der Waals surface area (Å²) in [6.45, 7) is 2.41. The first-order valence-corrected chi connectivity index (χ1v) is 5.61. The fourth-order valence-electron chi connectivity index (χ4n) is 1.59. The lowest BCUT2D eigenvalue weighted by Crippen LogP contribution is -2.00. The fraction of sp³-hybridized carbons (Fsp3) is 0.250. The first kappa shape index (κ1) is 12.0. The van der Waals surface area contributed by atoms with Crippen LogP contribution in [0.3, 0.4) is 0 Å². The van der Waals surface area contributed by atoms with E-state index in [1.165, 1.54) is 0 Å². The topological polar surface area (TPSA) is 53.1 Å². The Labute approximate surface area is 105 Å². The van der Waals surface area contributed by atoms with Crippen LogP contribution in [-0.4, -0.2) is 16.9 Å². The van der Waals surface area contributed by atoms with Crippen LogP contribution in [0, 0.1) is 6.92 Å². The highest BCUT2D eigenvalue weighted by atomic mass is 35.5. The molecule has 4 nitrogen and oxygen atoms in total. The normalized spacial score (nSPS) is 10.6.